The van der Waals surface area contributed by atoms with Crippen molar-refractivity contribution >= 4 is 12.2 Å². The van der Waals surface area contributed by atoms with E-state index in [0.717, 1.165) is 6.42 Å². The van der Waals surface area contributed by atoms with Crippen LogP contribution in [0.15, 0.2) is 0 Å². The lowest BCUT2D eigenvalue weighted by Crippen LogP contribution is -2.25. The maximum absolute atomic E-state index is 10.7. The van der Waals surface area contributed by atoms with Crippen LogP contribution in [0.2, 0.25) is 0 Å². The first kappa shape index (κ1) is 13.7. The Labute approximate surface area is 74.5 Å². The summed E-state index contributed by atoms with van der Waals surface area (Å²) in [5, 5.41) is 2.48. The van der Waals surface area contributed by atoms with E-state index in [-0.39, 0.29) is 11.7 Å². The zero-order valence-corrected chi connectivity index (χ0v) is 8.39. The molecule has 0 aromatic carbocycles. The van der Waals surface area contributed by atoms with E-state index in [4.69, 9.17) is 0 Å². The average molecular weight is 173 g/mol. The van der Waals surface area contributed by atoms with Crippen molar-refractivity contribution in [1.29, 1.82) is 0 Å². The van der Waals surface area contributed by atoms with Gasteiger partial charge in [-0.2, -0.15) is 0 Å². The van der Waals surface area contributed by atoms with Gasteiger partial charge in [0.1, 0.15) is 5.78 Å². The van der Waals surface area contributed by atoms with Gasteiger partial charge in [-0.3, -0.25) is 9.59 Å². The minimum atomic E-state index is -0.00907. The second kappa shape index (κ2) is 10.1. The van der Waals surface area contributed by atoms with Crippen molar-refractivity contribution in [3.05, 3.63) is 0 Å². The molecule has 12 heavy (non-hydrogen) atoms. The second-order valence-electron chi connectivity index (χ2n) is 2.24. The molecular weight excluding hydrogens is 154 g/mol. The van der Waals surface area contributed by atoms with E-state index in [2.05, 4.69) is 5.32 Å². The molecule has 0 spiro atoms. The van der Waals surface area contributed by atoms with Gasteiger partial charge in [0.15, 0.2) is 0 Å². The standard InChI is InChI=1S/C7H13NO2.C2H6/c1-3-7(6(2)10)4-8-5-9;1-2/h5,7H,3-4H2,1-2H3,(H,8,9);1-2H3. The predicted octanol–water partition coefficient (Wildman–Crippen LogP) is 1.37. The molecule has 0 radical (unpaired) electrons. The molecule has 0 fully saturated rings. The lowest BCUT2D eigenvalue weighted by Gasteiger charge is -2.08. The highest BCUT2D eigenvalue weighted by Gasteiger charge is 2.09. The first-order valence-corrected chi connectivity index (χ1v) is 4.39. The van der Waals surface area contributed by atoms with Gasteiger partial charge in [-0.1, -0.05) is 20.8 Å². The van der Waals surface area contributed by atoms with E-state index in [9.17, 15) is 9.59 Å². The summed E-state index contributed by atoms with van der Waals surface area (Å²) >= 11 is 0. The Bertz CT molecular complexity index is 124. The van der Waals surface area contributed by atoms with Crippen molar-refractivity contribution in [1.82, 2.24) is 5.32 Å². The molecule has 3 heteroatoms. The molecule has 0 saturated carbocycles. The van der Waals surface area contributed by atoms with Gasteiger partial charge in [0.2, 0.25) is 6.41 Å². The first-order chi connectivity index (χ1) is 5.72. The summed E-state index contributed by atoms with van der Waals surface area (Å²) in [6, 6.07) is 0. The fraction of sp³-hybridized carbons (Fsp3) is 0.778. The SMILES string of the molecule is CC.CCC(CNC=O)C(C)=O. The maximum atomic E-state index is 10.7. The van der Waals surface area contributed by atoms with Crippen LogP contribution in [0, 0.1) is 5.92 Å². The van der Waals surface area contributed by atoms with E-state index in [0.29, 0.717) is 13.0 Å². The summed E-state index contributed by atoms with van der Waals surface area (Å²) in [6.45, 7) is 7.94. The summed E-state index contributed by atoms with van der Waals surface area (Å²) in [7, 11) is 0. The molecule has 0 aliphatic heterocycles. The summed E-state index contributed by atoms with van der Waals surface area (Å²) in [6.07, 6.45) is 1.40. The molecular formula is C9H19NO2. The Morgan fingerprint density at radius 2 is 2.00 bits per heavy atom. The lowest BCUT2D eigenvalue weighted by atomic mass is 10.0. The van der Waals surface area contributed by atoms with Crippen LogP contribution in [-0.4, -0.2) is 18.7 Å². The fourth-order valence-corrected chi connectivity index (χ4v) is 0.766. The van der Waals surface area contributed by atoms with E-state index < -0.39 is 0 Å². The Balaban J connectivity index is 0. The zero-order chi connectivity index (χ0) is 9.98. The van der Waals surface area contributed by atoms with Crippen LogP contribution in [0.1, 0.15) is 34.1 Å². The van der Waals surface area contributed by atoms with Gasteiger partial charge in [0.05, 0.1) is 0 Å². The third kappa shape index (κ3) is 7.25. The molecule has 0 aliphatic carbocycles. The summed E-state index contributed by atoms with van der Waals surface area (Å²) in [5.74, 6) is 0.127. The van der Waals surface area contributed by atoms with Crippen LogP contribution in [-0.2, 0) is 9.59 Å². The van der Waals surface area contributed by atoms with Crippen molar-refractivity contribution in [2.45, 2.75) is 34.1 Å². The fourth-order valence-electron chi connectivity index (χ4n) is 0.766. The predicted molar refractivity (Wildman–Crippen MR) is 49.9 cm³/mol. The number of Topliss-reactive ketones (excluding diaryl/α,β-unsaturated/α-hetero) is 1. The molecule has 0 aromatic heterocycles. The van der Waals surface area contributed by atoms with E-state index in [1.54, 1.807) is 6.92 Å². The first-order valence-electron chi connectivity index (χ1n) is 4.39. The average Bonchev–Trinajstić information content (AvgIpc) is 2.09. The molecule has 0 saturated heterocycles. The molecule has 0 bridgehead atoms. The Morgan fingerprint density at radius 3 is 2.25 bits per heavy atom. The Kier molecular flexibility index (Phi) is 11.6. The smallest absolute Gasteiger partial charge is 0.207 e. The number of carbonyl (C=O) groups is 2. The molecule has 1 unspecified atom stereocenters. The van der Waals surface area contributed by atoms with Gasteiger partial charge in [-0.25, -0.2) is 0 Å². The molecule has 0 aromatic rings. The lowest BCUT2D eigenvalue weighted by molar-refractivity contribution is -0.120. The third-order valence-corrected chi connectivity index (χ3v) is 1.52. The van der Waals surface area contributed by atoms with Gasteiger partial charge in [0, 0.05) is 12.5 Å². The zero-order valence-electron chi connectivity index (χ0n) is 8.39. The maximum Gasteiger partial charge on any atom is 0.207 e. The molecule has 0 heterocycles. The van der Waals surface area contributed by atoms with Crippen molar-refractivity contribution in [3.8, 4) is 0 Å². The number of carbonyl (C=O) groups excluding carboxylic acids is 2. The number of rotatable bonds is 5. The highest BCUT2D eigenvalue weighted by atomic mass is 16.1. The van der Waals surface area contributed by atoms with Crippen LogP contribution in [0.3, 0.4) is 0 Å². The van der Waals surface area contributed by atoms with Gasteiger partial charge in [-0.05, 0) is 13.3 Å². The number of ketones is 1. The summed E-state index contributed by atoms with van der Waals surface area (Å²) in [4.78, 5) is 20.6. The molecule has 1 amide bonds. The highest BCUT2D eigenvalue weighted by Crippen LogP contribution is 2.00. The van der Waals surface area contributed by atoms with Gasteiger partial charge >= 0.3 is 0 Å². The second-order valence-corrected chi connectivity index (χ2v) is 2.24. The van der Waals surface area contributed by atoms with Gasteiger partial charge < -0.3 is 5.32 Å². The normalized spacial score (nSPS) is 10.7. The Hall–Kier alpha value is -0.860. The number of hydrogen-bond donors (Lipinski definition) is 1. The number of amides is 1. The van der Waals surface area contributed by atoms with Crippen LogP contribution < -0.4 is 5.32 Å². The van der Waals surface area contributed by atoms with E-state index in [1.165, 1.54) is 0 Å². The van der Waals surface area contributed by atoms with Gasteiger partial charge in [-0.15, -0.1) is 0 Å². The minimum absolute atomic E-state index is 0.00907. The molecule has 0 aliphatic rings. The van der Waals surface area contributed by atoms with Crippen molar-refractivity contribution in [2.75, 3.05) is 6.54 Å². The quantitative estimate of drug-likeness (QED) is 0.638. The van der Waals surface area contributed by atoms with Gasteiger partial charge in [0.25, 0.3) is 0 Å². The van der Waals surface area contributed by atoms with Crippen molar-refractivity contribution in [3.63, 3.8) is 0 Å². The molecule has 72 valence electrons. The highest BCUT2D eigenvalue weighted by molar-refractivity contribution is 5.78. The minimum Gasteiger partial charge on any atom is -0.358 e. The topological polar surface area (TPSA) is 46.2 Å². The monoisotopic (exact) mass is 173 g/mol. The number of hydrogen-bond acceptors (Lipinski definition) is 2. The Morgan fingerprint density at radius 1 is 1.50 bits per heavy atom. The van der Waals surface area contributed by atoms with Crippen LogP contribution in [0.5, 0.6) is 0 Å². The van der Waals surface area contributed by atoms with Crippen LogP contribution in [0.4, 0.5) is 0 Å². The number of nitrogens with one attached hydrogen (secondary N) is 1. The molecule has 1 atom stereocenters. The molecule has 0 rings (SSSR count). The van der Waals surface area contributed by atoms with E-state index in [1.807, 2.05) is 20.8 Å². The summed E-state index contributed by atoms with van der Waals surface area (Å²) in [5.41, 5.74) is 0. The van der Waals surface area contributed by atoms with E-state index >= 15 is 0 Å². The van der Waals surface area contributed by atoms with Crippen molar-refractivity contribution < 1.29 is 9.59 Å². The third-order valence-electron chi connectivity index (χ3n) is 1.52. The van der Waals surface area contributed by atoms with Crippen LogP contribution >= 0.6 is 0 Å². The van der Waals surface area contributed by atoms with Crippen molar-refractivity contribution in [2.24, 2.45) is 5.92 Å². The largest absolute Gasteiger partial charge is 0.358 e. The van der Waals surface area contributed by atoms with Crippen LogP contribution in [0.25, 0.3) is 0 Å². The molecule has 3 nitrogen and oxygen atoms in total. The molecule has 1 N–H and O–H groups in total. The summed E-state index contributed by atoms with van der Waals surface area (Å²) < 4.78 is 0.